The van der Waals surface area contributed by atoms with Gasteiger partial charge in [0, 0.05) is 19.2 Å². The first-order chi connectivity index (χ1) is 9.11. The van der Waals surface area contributed by atoms with E-state index in [0.717, 1.165) is 0 Å². The lowest BCUT2D eigenvalue weighted by molar-refractivity contribution is -0.128. The number of carbonyl (C=O) groups is 2. The molecular formula is C12H16N4O3. The van der Waals surface area contributed by atoms with Crippen molar-refractivity contribution in [1.29, 1.82) is 0 Å². The van der Waals surface area contributed by atoms with E-state index >= 15 is 0 Å². The molecule has 1 atom stereocenters. The minimum atomic E-state index is -0.501. The van der Waals surface area contributed by atoms with Crippen LogP contribution in [0.15, 0.2) is 18.3 Å². The fourth-order valence-corrected chi connectivity index (χ4v) is 1.81. The molecule has 0 radical (unpaired) electrons. The number of aromatic nitrogens is 1. The molecule has 2 N–H and O–H groups in total. The van der Waals surface area contributed by atoms with Crippen molar-refractivity contribution < 1.29 is 14.3 Å². The molecule has 7 nitrogen and oxygen atoms in total. The van der Waals surface area contributed by atoms with Crippen molar-refractivity contribution in [2.24, 2.45) is 0 Å². The summed E-state index contributed by atoms with van der Waals surface area (Å²) < 4.78 is 4.95. The second kappa shape index (κ2) is 5.55. The van der Waals surface area contributed by atoms with Crippen LogP contribution in [0.3, 0.4) is 0 Å². The smallest absolute Gasteiger partial charge is 0.324 e. The highest BCUT2D eigenvalue weighted by molar-refractivity contribution is 5.99. The predicted molar refractivity (Wildman–Crippen MR) is 69.0 cm³/mol. The summed E-state index contributed by atoms with van der Waals surface area (Å²) >= 11 is 0. The number of nitrogens with one attached hydrogen (secondary N) is 2. The Balaban J connectivity index is 1.97. The SMILES string of the molecule is COc1ccc(N[C@@H](C)C(=O)N2CCNC2=O)cn1. The Labute approximate surface area is 110 Å². The largest absolute Gasteiger partial charge is 0.481 e. The number of imide groups is 1. The number of hydrogen-bond acceptors (Lipinski definition) is 5. The summed E-state index contributed by atoms with van der Waals surface area (Å²) in [7, 11) is 1.54. The topological polar surface area (TPSA) is 83.6 Å². The van der Waals surface area contributed by atoms with Gasteiger partial charge in [-0.2, -0.15) is 0 Å². The molecule has 7 heteroatoms. The fourth-order valence-electron chi connectivity index (χ4n) is 1.81. The first kappa shape index (κ1) is 13.1. The Morgan fingerprint density at radius 3 is 2.89 bits per heavy atom. The molecule has 0 bridgehead atoms. The van der Waals surface area contributed by atoms with E-state index in [4.69, 9.17) is 4.74 Å². The van der Waals surface area contributed by atoms with E-state index < -0.39 is 6.04 Å². The molecule has 1 aromatic rings. The third-order valence-corrected chi connectivity index (χ3v) is 2.82. The van der Waals surface area contributed by atoms with Gasteiger partial charge in [-0.05, 0) is 13.0 Å². The molecule has 1 aliphatic rings. The Hall–Kier alpha value is -2.31. The average molecular weight is 264 g/mol. The highest BCUT2D eigenvalue weighted by Gasteiger charge is 2.29. The van der Waals surface area contributed by atoms with Crippen molar-refractivity contribution in [2.45, 2.75) is 13.0 Å². The highest BCUT2D eigenvalue weighted by atomic mass is 16.5. The number of ether oxygens (including phenoxy) is 1. The highest BCUT2D eigenvalue weighted by Crippen LogP contribution is 2.13. The van der Waals surface area contributed by atoms with Crippen LogP contribution in [0.4, 0.5) is 10.5 Å². The Kier molecular flexibility index (Phi) is 3.84. The second-order valence-electron chi connectivity index (χ2n) is 4.18. The molecule has 0 saturated carbocycles. The predicted octanol–water partition coefficient (Wildman–Crippen LogP) is 0.442. The van der Waals surface area contributed by atoms with Crippen LogP contribution in [0.1, 0.15) is 6.92 Å². The van der Waals surface area contributed by atoms with Crippen molar-refractivity contribution in [3.05, 3.63) is 18.3 Å². The first-order valence-electron chi connectivity index (χ1n) is 5.97. The zero-order valence-corrected chi connectivity index (χ0v) is 10.8. The van der Waals surface area contributed by atoms with E-state index in [1.54, 1.807) is 25.3 Å². The van der Waals surface area contributed by atoms with Crippen molar-refractivity contribution in [3.63, 3.8) is 0 Å². The molecule has 1 aromatic heterocycles. The van der Waals surface area contributed by atoms with E-state index in [9.17, 15) is 9.59 Å². The molecule has 0 aliphatic carbocycles. The van der Waals surface area contributed by atoms with Crippen LogP contribution in [0.5, 0.6) is 5.88 Å². The van der Waals surface area contributed by atoms with Crippen molar-refractivity contribution >= 4 is 17.6 Å². The lowest BCUT2D eigenvalue weighted by Crippen LogP contribution is -2.43. The van der Waals surface area contributed by atoms with E-state index in [1.807, 2.05) is 0 Å². The van der Waals surface area contributed by atoms with Gasteiger partial charge < -0.3 is 15.4 Å². The van der Waals surface area contributed by atoms with Crippen molar-refractivity contribution in [1.82, 2.24) is 15.2 Å². The summed E-state index contributed by atoms with van der Waals surface area (Å²) in [5.74, 6) is 0.245. The van der Waals surface area contributed by atoms with Gasteiger partial charge in [-0.15, -0.1) is 0 Å². The standard InChI is InChI=1S/C12H16N4O3/c1-8(11(17)16-6-5-13-12(16)18)15-9-3-4-10(19-2)14-7-9/h3-4,7-8,15H,5-6H2,1-2H3,(H,13,18)/t8-/m0/s1. The summed E-state index contributed by atoms with van der Waals surface area (Å²) in [4.78, 5) is 28.7. The molecule has 2 heterocycles. The Morgan fingerprint density at radius 2 is 2.37 bits per heavy atom. The van der Waals surface area contributed by atoms with Crippen LogP contribution >= 0.6 is 0 Å². The summed E-state index contributed by atoms with van der Waals surface area (Å²) in [6, 6.07) is 2.62. The zero-order chi connectivity index (χ0) is 13.8. The zero-order valence-electron chi connectivity index (χ0n) is 10.8. The minimum Gasteiger partial charge on any atom is -0.481 e. The van der Waals surface area contributed by atoms with Gasteiger partial charge in [0.2, 0.25) is 5.88 Å². The number of anilines is 1. The number of amides is 3. The van der Waals surface area contributed by atoms with Gasteiger partial charge in [-0.3, -0.25) is 9.69 Å². The number of methoxy groups -OCH3 is 1. The lowest BCUT2D eigenvalue weighted by Gasteiger charge is -2.19. The number of nitrogens with zero attached hydrogens (tertiary/aromatic N) is 2. The van der Waals surface area contributed by atoms with Crippen LogP contribution in [-0.2, 0) is 4.79 Å². The number of pyridine rings is 1. The molecule has 19 heavy (non-hydrogen) atoms. The Morgan fingerprint density at radius 1 is 1.58 bits per heavy atom. The number of rotatable bonds is 4. The maximum atomic E-state index is 12.0. The fraction of sp³-hybridized carbons (Fsp3) is 0.417. The molecule has 0 aromatic carbocycles. The van der Waals surface area contributed by atoms with Crippen molar-refractivity contribution in [2.75, 3.05) is 25.5 Å². The van der Waals surface area contributed by atoms with Gasteiger partial charge in [-0.1, -0.05) is 0 Å². The molecule has 102 valence electrons. The third kappa shape index (κ3) is 2.93. The molecule has 1 fully saturated rings. The molecule has 1 saturated heterocycles. The molecule has 3 amide bonds. The number of carbonyl (C=O) groups excluding carboxylic acids is 2. The third-order valence-electron chi connectivity index (χ3n) is 2.82. The Bertz CT molecular complexity index is 474. The lowest BCUT2D eigenvalue weighted by atomic mass is 10.2. The van der Waals surface area contributed by atoms with Gasteiger partial charge in [0.15, 0.2) is 0 Å². The molecule has 1 aliphatic heterocycles. The summed E-state index contributed by atoms with van der Waals surface area (Å²) in [5.41, 5.74) is 0.696. The van der Waals surface area contributed by atoms with Gasteiger partial charge in [-0.25, -0.2) is 9.78 Å². The molecule has 2 rings (SSSR count). The second-order valence-corrected chi connectivity index (χ2v) is 4.18. The van der Waals surface area contributed by atoms with Gasteiger partial charge in [0.25, 0.3) is 5.91 Å². The van der Waals surface area contributed by atoms with Crippen LogP contribution in [0.25, 0.3) is 0 Å². The minimum absolute atomic E-state index is 0.259. The van der Waals surface area contributed by atoms with Crippen molar-refractivity contribution in [3.8, 4) is 5.88 Å². The normalized spacial score (nSPS) is 15.9. The van der Waals surface area contributed by atoms with Gasteiger partial charge in [0.05, 0.1) is 19.0 Å². The van der Waals surface area contributed by atoms with Crippen LogP contribution in [-0.4, -0.2) is 48.1 Å². The number of urea groups is 1. The summed E-state index contributed by atoms with van der Waals surface area (Å²) in [6.45, 7) is 2.62. The van der Waals surface area contributed by atoms with Crippen LogP contribution in [0, 0.1) is 0 Å². The van der Waals surface area contributed by atoms with Gasteiger partial charge in [0.1, 0.15) is 6.04 Å². The van der Waals surface area contributed by atoms with Gasteiger partial charge >= 0.3 is 6.03 Å². The van der Waals surface area contributed by atoms with E-state index in [2.05, 4.69) is 15.6 Å². The summed E-state index contributed by atoms with van der Waals surface area (Å²) in [6.07, 6.45) is 1.58. The quantitative estimate of drug-likeness (QED) is 0.824. The molecule has 0 unspecified atom stereocenters. The summed E-state index contributed by atoms with van der Waals surface area (Å²) in [5, 5.41) is 5.59. The first-order valence-corrected chi connectivity index (χ1v) is 5.97. The monoisotopic (exact) mass is 264 g/mol. The molecule has 0 spiro atoms. The van der Waals surface area contributed by atoms with E-state index in [1.165, 1.54) is 12.0 Å². The average Bonchev–Trinajstić information content (AvgIpc) is 2.85. The van der Waals surface area contributed by atoms with Crippen LogP contribution < -0.4 is 15.4 Å². The number of hydrogen-bond donors (Lipinski definition) is 2. The van der Waals surface area contributed by atoms with E-state index in [-0.39, 0.29) is 11.9 Å². The van der Waals surface area contributed by atoms with Crippen LogP contribution in [0.2, 0.25) is 0 Å². The maximum absolute atomic E-state index is 12.0. The molecular weight excluding hydrogens is 248 g/mol. The maximum Gasteiger partial charge on any atom is 0.324 e. The van der Waals surface area contributed by atoms with E-state index in [0.29, 0.717) is 24.7 Å².